The molecule has 2 N–H and O–H groups in total. The summed E-state index contributed by atoms with van der Waals surface area (Å²) < 4.78 is 25.0. The Bertz CT molecular complexity index is 574. The Labute approximate surface area is 93.1 Å². The minimum atomic E-state index is -3.36. The molecule has 1 aliphatic heterocycles. The largest absolute Gasteiger partial charge is 0.288 e. The van der Waals surface area contributed by atoms with Crippen molar-refractivity contribution in [2.45, 2.75) is 26.2 Å². The molecule has 88 valence electrons. The van der Waals surface area contributed by atoms with Crippen molar-refractivity contribution in [1.29, 1.82) is 0 Å². The quantitative estimate of drug-likeness (QED) is 0.736. The number of nitrogens with one attached hydrogen (secondary N) is 2. The van der Waals surface area contributed by atoms with E-state index in [-0.39, 0.29) is 17.4 Å². The molecule has 16 heavy (non-hydrogen) atoms. The summed E-state index contributed by atoms with van der Waals surface area (Å²) in [4.78, 5) is 11.5. The Morgan fingerprint density at radius 2 is 2.06 bits per heavy atom. The van der Waals surface area contributed by atoms with Gasteiger partial charge in [-0.3, -0.25) is 9.52 Å². The van der Waals surface area contributed by atoms with E-state index >= 15 is 0 Å². The van der Waals surface area contributed by atoms with Crippen LogP contribution in [0, 0.1) is 0 Å². The lowest BCUT2D eigenvalue weighted by molar-refractivity contribution is 0.597. The molecule has 1 aromatic heterocycles. The van der Waals surface area contributed by atoms with E-state index < -0.39 is 15.6 Å². The fourth-order valence-corrected chi connectivity index (χ4v) is 2.88. The van der Waals surface area contributed by atoms with E-state index in [9.17, 15) is 13.2 Å². The first-order valence-corrected chi connectivity index (χ1v) is 6.68. The predicted octanol–water partition coefficient (Wildman–Crippen LogP) is 0.191. The minimum Gasteiger partial charge on any atom is -0.278 e. The third-order valence-electron chi connectivity index (χ3n) is 2.54. The first kappa shape index (κ1) is 11.1. The van der Waals surface area contributed by atoms with Crippen molar-refractivity contribution >= 4 is 15.7 Å². The molecule has 0 aliphatic carbocycles. The van der Waals surface area contributed by atoms with Crippen LogP contribution in [0.3, 0.4) is 0 Å². The van der Waals surface area contributed by atoms with Crippen LogP contribution in [0.15, 0.2) is 4.79 Å². The van der Waals surface area contributed by atoms with Crippen LogP contribution in [0.4, 0.5) is 5.69 Å². The summed E-state index contributed by atoms with van der Waals surface area (Å²) in [5.74, 6) is 0.151. The number of hydrogen-bond acceptors (Lipinski definition) is 4. The number of aromatic amines is 1. The zero-order chi connectivity index (χ0) is 11.9. The van der Waals surface area contributed by atoms with Crippen molar-refractivity contribution in [1.82, 2.24) is 10.2 Å². The Hall–Kier alpha value is -1.37. The van der Waals surface area contributed by atoms with Crippen LogP contribution < -0.4 is 10.3 Å². The zero-order valence-electron chi connectivity index (χ0n) is 9.07. The van der Waals surface area contributed by atoms with Gasteiger partial charge in [-0.15, -0.1) is 0 Å². The van der Waals surface area contributed by atoms with E-state index in [4.69, 9.17) is 0 Å². The maximum Gasteiger partial charge on any atom is 0.288 e. The molecule has 6 nitrogen and oxygen atoms in total. The molecular weight excluding hydrogens is 230 g/mol. The molecule has 0 amide bonds. The third-order valence-corrected chi connectivity index (χ3v) is 3.80. The number of nitrogens with zero attached hydrogens (tertiary/aromatic N) is 1. The number of rotatable bonds is 1. The van der Waals surface area contributed by atoms with Gasteiger partial charge in [0.15, 0.2) is 0 Å². The molecule has 2 heterocycles. The maximum atomic E-state index is 11.5. The molecule has 1 aliphatic rings. The van der Waals surface area contributed by atoms with Crippen LogP contribution in [0.5, 0.6) is 0 Å². The van der Waals surface area contributed by atoms with Gasteiger partial charge in [0.1, 0.15) is 5.69 Å². The maximum absolute atomic E-state index is 11.5. The summed E-state index contributed by atoms with van der Waals surface area (Å²) in [5.41, 5.74) is 1.11. The fourth-order valence-electron chi connectivity index (χ4n) is 1.78. The molecule has 0 unspecified atom stereocenters. The molecule has 0 radical (unpaired) electrons. The summed E-state index contributed by atoms with van der Waals surface area (Å²) in [6, 6.07) is 0. The van der Waals surface area contributed by atoms with Gasteiger partial charge in [0.2, 0.25) is 10.0 Å². The number of sulfonamides is 1. The number of anilines is 1. The van der Waals surface area contributed by atoms with Crippen LogP contribution in [-0.2, 0) is 16.4 Å². The van der Waals surface area contributed by atoms with Gasteiger partial charge in [-0.25, -0.2) is 13.5 Å². The molecule has 0 aromatic carbocycles. The monoisotopic (exact) mass is 243 g/mol. The molecule has 0 atom stereocenters. The van der Waals surface area contributed by atoms with E-state index in [0.29, 0.717) is 12.0 Å². The van der Waals surface area contributed by atoms with Gasteiger partial charge in [-0.2, -0.15) is 5.10 Å². The fraction of sp³-hybridized carbons (Fsp3) is 0.556. The van der Waals surface area contributed by atoms with Crippen molar-refractivity contribution in [3.63, 3.8) is 0 Å². The highest BCUT2D eigenvalue weighted by atomic mass is 32.2. The van der Waals surface area contributed by atoms with E-state index in [1.54, 1.807) is 0 Å². The molecule has 0 spiro atoms. The molecule has 0 saturated carbocycles. The Morgan fingerprint density at radius 3 is 2.69 bits per heavy atom. The molecule has 0 saturated heterocycles. The van der Waals surface area contributed by atoms with Gasteiger partial charge < -0.3 is 0 Å². The standard InChI is InChI=1S/C9H13N3O3S/c1-5(2)7-6-3-4-16(14,15)12-8(6)9(13)11-10-7/h5,12H,3-4H2,1-2H3,(H,11,13). The lowest BCUT2D eigenvalue weighted by Crippen LogP contribution is -2.31. The lowest BCUT2D eigenvalue weighted by Gasteiger charge is -2.20. The van der Waals surface area contributed by atoms with Gasteiger partial charge >= 0.3 is 0 Å². The highest BCUT2D eigenvalue weighted by molar-refractivity contribution is 7.92. The average molecular weight is 243 g/mol. The van der Waals surface area contributed by atoms with Crippen molar-refractivity contribution in [2.75, 3.05) is 10.5 Å². The third kappa shape index (κ3) is 1.82. The van der Waals surface area contributed by atoms with Crippen molar-refractivity contribution < 1.29 is 8.42 Å². The molecule has 1 aromatic rings. The highest BCUT2D eigenvalue weighted by Gasteiger charge is 2.26. The van der Waals surface area contributed by atoms with E-state index in [1.165, 1.54) is 0 Å². The summed E-state index contributed by atoms with van der Waals surface area (Å²) in [6.45, 7) is 3.90. The lowest BCUT2D eigenvalue weighted by atomic mass is 10.0. The zero-order valence-corrected chi connectivity index (χ0v) is 9.89. The first-order valence-electron chi connectivity index (χ1n) is 5.02. The van der Waals surface area contributed by atoms with E-state index in [0.717, 1.165) is 5.69 Å². The number of H-pyrrole nitrogens is 1. The van der Waals surface area contributed by atoms with Crippen LogP contribution in [0.25, 0.3) is 0 Å². The SMILES string of the molecule is CC(C)c1n[nH]c(=O)c2c1CCS(=O)(=O)N2. The van der Waals surface area contributed by atoms with Crippen LogP contribution in [0.1, 0.15) is 31.0 Å². The van der Waals surface area contributed by atoms with Crippen LogP contribution in [0.2, 0.25) is 0 Å². The Balaban J connectivity index is 2.65. The molecule has 7 heteroatoms. The molecular formula is C9H13N3O3S. The van der Waals surface area contributed by atoms with Gasteiger partial charge in [-0.05, 0) is 12.3 Å². The second-order valence-electron chi connectivity index (χ2n) is 4.12. The van der Waals surface area contributed by atoms with E-state index in [2.05, 4.69) is 14.9 Å². The number of fused-ring (bicyclic) bond motifs is 1. The normalized spacial score (nSPS) is 17.9. The van der Waals surface area contributed by atoms with E-state index in [1.807, 2.05) is 13.8 Å². The van der Waals surface area contributed by atoms with Crippen LogP contribution in [-0.4, -0.2) is 24.4 Å². The number of aromatic nitrogens is 2. The smallest absolute Gasteiger partial charge is 0.278 e. The van der Waals surface area contributed by atoms with Crippen LogP contribution >= 0.6 is 0 Å². The first-order chi connectivity index (χ1) is 7.41. The highest BCUT2D eigenvalue weighted by Crippen LogP contribution is 2.25. The molecule has 0 bridgehead atoms. The topological polar surface area (TPSA) is 91.9 Å². The molecule has 2 rings (SSSR count). The van der Waals surface area contributed by atoms with Gasteiger partial charge in [0.05, 0.1) is 11.4 Å². The van der Waals surface area contributed by atoms with Gasteiger partial charge in [0, 0.05) is 5.56 Å². The average Bonchev–Trinajstić information content (AvgIpc) is 2.18. The predicted molar refractivity (Wildman–Crippen MR) is 60.1 cm³/mol. The van der Waals surface area contributed by atoms with Gasteiger partial charge in [0.25, 0.3) is 5.56 Å². The summed E-state index contributed by atoms with van der Waals surface area (Å²) >= 11 is 0. The summed E-state index contributed by atoms with van der Waals surface area (Å²) in [5, 5.41) is 6.28. The minimum absolute atomic E-state index is 0.00481. The molecule has 0 fully saturated rings. The number of hydrogen-bond donors (Lipinski definition) is 2. The summed E-state index contributed by atoms with van der Waals surface area (Å²) in [6.07, 6.45) is 0.342. The Kier molecular flexibility index (Phi) is 2.49. The van der Waals surface area contributed by atoms with Gasteiger partial charge in [-0.1, -0.05) is 13.8 Å². The second kappa shape index (κ2) is 3.58. The van der Waals surface area contributed by atoms with Crippen molar-refractivity contribution in [2.24, 2.45) is 0 Å². The second-order valence-corrected chi connectivity index (χ2v) is 5.96. The Morgan fingerprint density at radius 1 is 1.38 bits per heavy atom. The van der Waals surface area contributed by atoms with Crippen molar-refractivity contribution in [3.05, 3.63) is 21.6 Å². The van der Waals surface area contributed by atoms with Crippen molar-refractivity contribution in [3.8, 4) is 0 Å². The summed E-state index contributed by atoms with van der Waals surface area (Å²) in [7, 11) is -3.36.